The molecule has 0 saturated carbocycles. The molecule has 4 rings (SSSR count). The Morgan fingerprint density at radius 3 is 2.87 bits per heavy atom. The van der Waals surface area contributed by atoms with E-state index in [-0.39, 0.29) is 12.1 Å². The molecule has 0 spiro atoms. The largest absolute Gasteiger partial charge is 0.490 e. The minimum atomic E-state index is -2.65. The van der Waals surface area contributed by atoms with Gasteiger partial charge >= 0.3 is 0 Å². The summed E-state index contributed by atoms with van der Waals surface area (Å²) in [5.74, 6) is 1.10. The lowest BCUT2D eigenvalue weighted by Crippen LogP contribution is -2.16. The highest BCUT2D eigenvalue weighted by Gasteiger charge is 2.26. The topological polar surface area (TPSA) is 105 Å². The molecule has 1 aromatic heterocycles. The number of hydrogen-bond acceptors (Lipinski definition) is 7. The Labute approximate surface area is 180 Å². The van der Waals surface area contributed by atoms with Crippen LogP contribution in [0.3, 0.4) is 0 Å². The number of aromatic nitrogens is 2. The number of nitriles is 1. The Kier molecular flexibility index (Phi) is 5.81. The molecule has 1 atom stereocenters. The van der Waals surface area contributed by atoms with Crippen LogP contribution in [0.4, 0.5) is 0 Å². The van der Waals surface area contributed by atoms with Gasteiger partial charge in [0.25, 0.3) is 0 Å². The molecule has 1 heterocycles. The third-order valence-corrected chi connectivity index (χ3v) is 6.18. The van der Waals surface area contributed by atoms with Gasteiger partial charge in [-0.25, -0.2) is 18.1 Å². The Balaban J connectivity index is 1.66. The van der Waals surface area contributed by atoms with Crippen LogP contribution < -0.4 is 9.46 Å². The van der Waals surface area contributed by atoms with Gasteiger partial charge in [-0.05, 0) is 67.5 Å². The molecule has 3 aromatic rings. The lowest BCUT2D eigenvalue weighted by Gasteiger charge is -2.11. The molecule has 0 unspecified atom stereocenters. The first kappa shape index (κ1) is 20.5. The van der Waals surface area contributed by atoms with E-state index in [1.807, 2.05) is 38.1 Å². The van der Waals surface area contributed by atoms with E-state index in [0.29, 0.717) is 17.1 Å². The summed E-state index contributed by atoms with van der Waals surface area (Å²) >= 11 is 1.29. The molecule has 1 aliphatic carbocycles. The molecule has 0 radical (unpaired) electrons. The maximum absolute atomic E-state index is 11.1. The summed E-state index contributed by atoms with van der Waals surface area (Å²) in [6.07, 6.45) is 1.48. The van der Waals surface area contributed by atoms with Gasteiger partial charge in [-0.3, -0.25) is 0 Å². The minimum Gasteiger partial charge on any atom is -0.490 e. The lowest BCUT2D eigenvalue weighted by atomic mass is 10.0. The Bertz CT molecular complexity index is 1200. The van der Waals surface area contributed by atoms with Gasteiger partial charge in [0.1, 0.15) is 16.8 Å². The number of nitrogens with one attached hydrogen (secondary N) is 1. The van der Waals surface area contributed by atoms with Crippen LogP contribution in [-0.4, -0.2) is 23.9 Å². The number of hydrogen-bond donors (Lipinski definition) is 2. The first-order valence-corrected chi connectivity index (χ1v) is 11.5. The van der Waals surface area contributed by atoms with E-state index in [1.54, 1.807) is 12.1 Å². The van der Waals surface area contributed by atoms with Crippen LogP contribution in [0.25, 0.3) is 22.0 Å². The maximum Gasteiger partial charge on any atom is 0.201 e. The van der Waals surface area contributed by atoms with Crippen molar-refractivity contribution in [3.05, 3.63) is 53.1 Å². The molecule has 2 aromatic carbocycles. The second-order valence-corrected chi connectivity index (χ2v) is 8.79. The van der Waals surface area contributed by atoms with Crippen molar-refractivity contribution in [2.24, 2.45) is 0 Å². The van der Waals surface area contributed by atoms with Crippen molar-refractivity contribution in [1.82, 2.24) is 14.1 Å². The van der Waals surface area contributed by atoms with Gasteiger partial charge in [0.15, 0.2) is 5.82 Å². The first-order chi connectivity index (χ1) is 14.5. The van der Waals surface area contributed by atoms with Crippen molar-refractivity contribution in [3.8, 4) is 33.8 Å². The molecule has 0 amide bonds. The fourth-order valence-corrected chi connectivity index (χ4v) is 4.94. The van der Waals surface area contributed by atoms with Crippen LogP contribution in [0.1, 0.15) is 43.0 Å². The van der Waals surface area contributed by atoms with Crippen molar-refractivity contribution in [3.63, 3.8) is 0 Å². The van der Waals surface area contributed by atoms with Gasteiger partial charge in [-0.2, -0.15) is 9.64 Å². The third kappa shape index (κ3) is 4.07. The summed E-state index contributed by atoms with van der Waals surface area (Å²) in [6.45, 7) is 3.83. The van der Waals surface area contributed by atoms with E-state index in [2.05, 4.69) is 15.2 Å². The number of thiol groups is 1. The molecule has 0 aliphatic heterocycles. The Morgan fingerprint density at radius 1 is 1.30 bits per heavy atom. The predicted molar refractivity (Wildman–Crippen MR) is 116 cm³/mol. The second kappa shape index (κ2) is 8.52. The van der Waals surface area contributed by atoms with Crippen LogP contribution in [0.15, 0.2) is 36.4 Å². The second-order valence-electron chi connectivity index (χ2n) is 7.26. The SMILES string of the molecule is CC(C)Oc1ccc(-c2nsc(-c3cccc4c3CC[C@@H]4N[SH](=O)=O)n2)cc1C#N. The zero-order chi connectivity index (χ0) is 21.3. The van der Waals surface area contributed by atoms with Gasteiger partial charge in [0.05, 0.1) is 11.7 Å². The zero-order valence-electron chi connectivity index (χ0n) is 16.5. The molecule has 0 bridgehead atoms. The summed E-state index contributed by atoms with van der Waals surface area (Å²) in [5.41, 5.74) is 4.26. The van der Waals surface area contributed by atoms with Gasteiger partial charge in [-0.15, -0.1) is 0 Å². The van der Waals surface area contributed by atoms with E-state index in [1.165, 1.54) is 11.5 Å². The smallest absolute Gasteiger partial charge is 0.201 e. The van der Waals surface area contributed by atoms with E-state index in [9.17, 15) is 13.7 Å². The van der Waals surface area contributed by atoms with Crippen LogP contribution in [0.2, 0.25) is 0 Å². The highest BCUT2D eigenvalue weighted by Crippen LogP contribution is 2.39. The summed E-state index contributed by atoms with van der Waals surface area (Å²) in [6, 6.07) is 13.2. The van der Waals surface area contributed by atoms with Crippen molar-refractivity contribution < 1.29 is 13.2 Å². The summed E-state index contributed by atoms with van der Waals surface area (Å²) in [4.78, 5) is 4.70. The highest BCUT2D eigenvalue weighted by atomic mass is 32.2. The third-order valence-electron chi connectivity index (χ3n) is 4.91. The summed E-state index contributed by atoms with van der Waals surface area (Å²) in [5, 5.41) is 10.2. The van der Waals surface area contributed by atoms with E-state index in [0.717, 1.165) is 40.1 Å². The van der Waals surface area contributed by atoms with Crippen molar-refractivity contribution in [1.29, 1.82) is 5.26 Å². The van der Waals surface area contributed by atoms with Crippen molar-refractivity contribution >= 4 is 22.4 Å². The van der Waals surface area contributed by atoms with Gasteiger partial charge in [0.2, 0.25) is 10.9 Å². The Hall–Kier alpha value is -2.80. The first-order valence-electron chi connectivity index (χ1n) is 9.54. The highest BCUT2D eigenvalue weighted by molar-refractivity contribution is 7.70. The normalized spacial score (nSPS) is 15.4. The van der Waals surface area contributed by atoms with Crippen molar-refractivity contribution in [2.45, 2.75) is 38.8 Å². The fourth-order valence-electron chi connectivity index (χ4n) is 3.68. The average molecular weight is 441 g/mol. The van der Waals surface area contributed by atoms with Crippen LogP contribution >= 0.6 is 11.5 Å². The van der Waals surface area contributed by atoms with Gasteiger partial charge < -0.3 is 4.74 Å². The van der Waals surface area contributed by atoms with Crippen molar-refractivity contribution in [2.75, 3.05) is 0 Å². The molecule has 0 fully saturated rings. The number of fused-ring (bicyclic) bond motifs is 1. The molecule has 1 aliphatic rings. The number of benzene rings is 2. The monoisotopic (exact) mass is 440 g/mol. The van der Waals surface area contributed by atoms with Gasteiger partial charge in [0, 0.05) is 17.2 Å². The number of ether oxygens (including phenoxy) is 1. The molecule has 30 heavy (non-hydrogen) atoms. The zero-order valence-corrected chi connectivity index (χ0v) is 18.2. The maximum atomic E-state index is 11.1. The molecule has 154 valence electrons. The predicted octanol–water partition coefficient (Wildman–Crippen LogP) is 3.63. The molecular weight excluding hydrogens is 420 g/mol. The minimum absolute atomic E-state index is 0.0230. The lowest BCUT2D eigenvalue weighted by molar-refractivity contribution is 0.242. The number of rotatable bonds is 6. The molecular formula is C21H20N4O3S2. The van der Waals surface area contributed by atoms with E-state index >= 15 is 0 Å². The molecule has 7 nitrogen and oxygen atoms in total. The van der Waals surface area contributed by atoms with E-state index in [4.69, 9.17) is 9.72 Å². The summed E-state index contributed by atoms with van der Waals surface area (Å²) in [7, 11) is -2.65. The fraction of sp³-hybridized carbons (Fsp3) is 0.286. The molecule has 0 saturated heterocycles. The standard InChI is InChI=1S/C21H20N4O3S2/c1-12(2)28-19-9-6-13(10-14(19)11-22)20-23-21(29-24-20)17-5-3-4-16-15(17)7-8-18(16)25-30(26)27/h3-6,9-10,12,18,30H,7-8H2,1-2H3,(H,25,26,27)/t18-/m0/s1. The quantitative estimate of drug-likeness (QED) is 0.567. The van der Waals surface area contributed by atoms with Crippen LogP contribution in [0, 0.1) is 11.3 Å². The van der Waals surface area contributed by atoms with Crippen LogP contribution in [-0.2, 0) is 17.3 Å². The van der Waals surface area contributed by atoms with Gasteiger partial charge in [-0.1, -0.05) is 18.2 Å². The number of nitrogens with zero attached hydrogens (tertiary/aromatic N) is 3. The average Bonchev–Trinajstić information content (AvgIpc) is 3.35. The Morgan fingerprint density at radius 2 is 2.13 bits per heavy atom. The van der Waals surface area contributed by atoms with E-state index < -0.39 is 10.9 Å². The van der Waals surface area contributed by atoms with Crippen LogP contribution in [0.5, 0.6) is 5.75 Å². The molecule has 1 N–H and O–H groups in total. The molecule has 9 heteroatoms. The summed E-state index contributed by atoms with van der Waals surface area (Å²) < 4.78 is 35.0.